The Morgan fingerprint density at radius 3 is 2.78 bits per heavy atom. The van der Waals surface area contributed by atoms with E-state index < -0.39 is 11.4 Å². The van der Waals surface area contributed by atoms with Gasteiger partial charge in [-0.2, -0.15) is 0 Å². The molecule has 0 aliphatic carbocycles. The van der Waals surface area contributed by atoms with Crippen LogP contribution in [-0.4, -0.2) is 17.7 Å². The fourth-order valence-corrected chi connectivity index (χ4v) is 1.90. The van der Waals surface area contributed by atoms with E-state index in [-0.39, 0.29) is 0 Å². The van der Waals surface area contributed by atoms with Crippen LogP contribution in [-0.2, 0) is 4.79 Å². The predicted molar refractivity (Wildman–Crippen MR) is 75.3 cm³/mol. The molecule has 0 aliphatic heterocycles. The quantitative estimate of drug-likeness (QED) is 0.785. The van der Waals surface area contributed by atoms with Gasteiger partial charge in [0, 0.05) is 4.47 Å². The fourth-order valence-electron chi connectivity index (χ4n) is 1.39. The molecule has 5 heteroatoms. The first kappa shape index (κ1) is 15.3. The molecule has 0 spiro atoms. The standard InChI is InChI=1S/C13H16BrClO3/c1-13(2,12(16)17)6-3-7-18-11-8-9(14)4-5-10(11)15/h4-5,8H,3,6-7H2,1-2H3,(H,16,17). The number of rotatable bonds is 6. The molecule has 0 aromatic heterocycles. The van der Waals surface area contributed by atoms with E-state index >= 15 is 0 Å². The van der Waals surface area contributed by atoms with Crippen LogP contribution in [0.2, 0.25) is 5.02 Å². The predicted octanol–water partition coefficient (Wildman–Crippen LogP) is 4.37. The van der Waals surface area contributed by atoms with E-state index in [1.165, 1.54) is 0 Å². The van der Waals surface area contributed by atoms with Gasteiger partial charge in [-0.05, 0) is 44.9 Å². The minimum Gasteiger partial charge on any atom is -0.492 e. The van der Waals surface area contributed by atoms with Crippen molar-refractivity contribution in [3.05, 3.63) is 27.7 Å². The normalized spacial score (nSPS) is 11.3. The zero-order valence-electron chi connectivity index (χ0n) is 10.4. The van der Waals surface area contributed by atoms with Gasteiger partial charge >= 0.3 is 5.97 Å². The highest BCUT2D eigenvalue weighted by Gasteiger charge is 2.26. The van der Waals surface area contributed by atoms with Crippen molar-refractivity contribution in [2.75, 3.05) is 6.61 Å². The lowest BCUT2D eigenvalue weighted by molar-refractivity contribution is -0.147. The second-order valence-electron chi connectivity index (χ2n) is 4.72. The SMILES string of the molecule is CC(C)(CCCOc1cc(Br)ccc1Cl)C(=O)O. The Balaban J connectivity index is 2.43. The average molecular weight is 336 g/mol. The maximum atomic E-state index is 10.9. The van der Waals surface area contributed by atoms with E-state index in [2.05, 4.69) is 15.9 Å². The first-order valence-corrected chi connectivity index (χ1v) is 6.81. The van der Waals surface area contributed by atoms with Crippen LogP contribution in [0.3, 0.4) is 0 Å². The summed E-state index contributed by atoms with van der Waals surface area (Å²) >= 11 is 9.32. The van der Waals surface area contributed by atoms with E-state index in [9.17, 15) is 4.79 Å². The van der Waals surface area contributed by atoms with Crippen LogP contribution in [0.25, 0.3) is 0 Å². The number of hydrogen-bond donors (Lipinski definition) is 1. The van der Waals surface area contributed by atoms with Gasteiger partial charge in [0.2, 0.25) is 0 Å². The minimum atomic E-state index is -0.789. The van der Waals surface area contributed by atoms with Crippen molar-refractivity contribution >= 4 is 33.5 Å². The molecule has 18 heavy (non-hydrogen) atoms. The average Bonchev–Trinajstić information content (AvgIpc) is 2.28. The molecule has 1 N–H and O–H groups in total. The van der Waals surface area contributed by atoms with Crippen molar-refractivity contribution in [1.82, 2.24) is 0 Å². The van der Waals surface area contributed by atoms with E-state index in [0.29, 0.717) is 30.2 Å². The molecule has 0 heterocycles. The highest BCUT2D eigenvalue weighted by Crippen LogP contribution is 2.28. The Morgan fingerprint density at radius 1 is 1.50 bits per heavy atom. The van der Waals surface area contributed by atoms with Gasteiger partial charge < -0.3 is 9.84 Å². The number of ether oxygens (including phenoxy) is 1. The Morgan fingerprint density at radius 2 is 2.17 bits per heavy atom. The zero-order valence-corrected chi connectivity index (χ0v) is 12.7. The molecule has 1 aromatic rings. The molecule has 0 unspecified atom stereocenters. The van der Waals surface area contributed by atoms with E-state index in [4.69, 9.17) is 21.4 Å². The van der Waals surface area contributed by atoms with Crippen LogP contribution in [0.15, 0.2) is 22.7 Å². The summed E-state index contributed by atoms with van der Waals surface area (Å²) in [5.74, 6) is -0.179. The van der Waals surface area contributed by atoms with Gasteiger partial charge in [0.25, 0.3) is 0 Å². The molecule has 0 saturated carbocycles. The number of carboxylic acid groups (broad SMARTS) is 1. The van der Waals surface area contributed by atoms with Gasteiger partial charge in [0.05, 0.1) is 17.0 Å². The minimum absolute atomic E-state index is 0.451. The first-order valence-electron chi connectivity index (χ1n) is 5.64. The Bertz CT molecular complexity index is 432. The van der Waals surface area contributed by atoms with E-state index in [1.807, 2.05) is 6.07 Å². The first-order chi connectivity index (χ1) is 8.33. The third-order valence-corrected chi connectivity index (χ3v) is 3.48. The fraction of sp³-hybridized carbons (Fsp3) is 0.462. The van der Waals surface area contributed by atoms with Crippen molar-refractivity contribution in [2.24, 2.45) is 5.41 Å². The van der Waals surface area contributed by atoms with E-state index in [0.717, 1.165) is 4.47 Å². The number of aliphatic carboxylic acids is 1. The number of halogens is 2. The van der Waals surface area contributed by atoms with Crippen LogP contribution in [0, 0.1) is 5.41 Å². The second kappa shape index (κ2) is 6.43. The largest absolute Gasteiger partial charge is 0.492 e. The molecule has 0 bridgehead atoms. The van der Waals surface area contributed by atoms with Crippen molar-refractivity contribution < 1.29 is 14.6 Å². The third-order valence-electron chi connectivity index (χ3n) is 2.68. The maximum Gasteiger partial charge on any atom is 0.309 e. The number of hydrogen-bond acceptors (Lipinski definition) is 2. The lowest BCUT2D eigenvalue weighted by atomic mass is 9.88. The highest BCUT2D eigenvalue weighted by molar-refractivity contribution is 9.10. The van der Waals surface area contributed by atoms with Crippen LogP contribution in [0.1, 0.15) is 26.7 Å². The smallest absolute Gasteiger partial charge is 0.309 e. The van der Waals surface area contributed by atoms with Crippen molar-refractivity contribution in [2.45, 2.75) is 26.7 Å². The molecule has 0 atom stereocenters. The Kier molecular flexibility index (Phi) is 5.47. The molecular weight excluding hydrogens is 319 g/mol. The van der Waals surface area contributed by atoms with Gasteiger partial charge in [0.15, 0.2) is 0 Å². The molecule has 3 nitrogen and oxygen atoms in total. The molecule has 0 amide bonds. The molecule has 0 saturated heterocycles. The van der Waals surface area contributed by atoms with Crippen LogP contribution in [0.4, 0.5) is 0 Å². The van der Waals surface area contributed by atoms with Crippen LogP contribution in [0.5, 0.6) is 5.75 Å². The topological polar surface area (TPSA) is 46.5 Å². The summed E-state index contributed by atoms with van der Waals surface area (Å²) in [5.41, 5.74) is -0.718. The van der Waals surface area contributed by atoms with Crippen LogP contribution >= 0.6 is 27.5 Å². The Hall–Kier alpha value is -0.740. The maximum absolute atomic E-state index is 10.9. The molecule has 1 rings (SSSR count). The summed E-state index contributed by atoms with van der Waals surface area (Å²) in [5, 5.41) is 9.52. The zero-order chi connectivity index (χ0) is 13.8. The van der Waals surface area contributed by atoms with Gasteiger partial charge in [-0.1, -0.05) is 27.5 Å². The lowest BCUT2D eigenvalue weighted by Gasteiger charge is -2.18. The summed E-state index contributed by atoms with van der Waals surface area (Å²) in [4.78, 5) is 10.9. The molecule has 1 aromatic carbocycles. The summed E-state index contributed by atoms with van der Waals surface area (Å²) in [6.07, 6.45) is 1.23. The van der Waals surface area contributed by atoms with E-state index in [1.54, 1.807) is 26.0 Å². The lowest BCUT2D eigenvalue weighted by Crippen LogP contribution is -2.24. The molecule has 0 radical (unpaired) electrons. The van der Waals surface area contributed by atoms with Crippen LogP contribution < -0.4 is 4.74 Å². The second-order valence-corrected chi connectivity index (χ2v) is 6.04. The summed E-state index contributed by atoms with van der Waals surface area (Å²) in [6, 6.07) is 5.38. The van der Waals surface area contributed by atoms with Gasteiger partial charge in [-0.3, -0.25) is 4.79 Å². The highest BCUT2D eigenvalue weighted by atomic mass is 79.9. The number of carboxylic acids is 1. The molecule has 0 aliphatic rings. The van der Waals surface area contributed by atoms with Crippen molar-refractivity contribution in [3.63, 3.8) is 0 Å². The van der Waals surface area contributed by atoms with Gasteiger partial charge in [0.1, 0.15) is 5.75 Å². The van der Waals surface area contributed by atoms with Crippen molar-refractivity contribution in [3.8, 4) is 5.75 Å². The monoisotopic (exact) mass is 334 g/mol. The number of carbonyl (C=O) groups is 1. The van der Waals surface area contributed by atoms with Crippen molar-refractivity contribution in [1.29, 1.82) is 0 Å². The molecule has 100 valence electrons. The summed E-state index contributed by atoms with van der Waals surface area (Å²) in [7, 11) is 0. The number of benzene rings is 1. The Labute approximate surface area is 120 Å². The third kappa shape index (κ3) is 4.50. The summed E-state index contributed by atoms with van der Waals surface area (Å²) in [6.45, 7) is 3.87. The van der Waals surface area contributed by atoms with Gasteiger partial charge in [-0.25, -0.2) is 0 Å². The van der Waals surface area contributed by atoms with Gasteiger partial charge in [-0.15, -0.1) is 0 Å². The summed E-state index contributed by atoms with van der Waals surface area (Å²) < 4.78 is 6.43. The molecular formula is C13H16BrClO3. The molecule has 0 fully saturated rings.